The third-order valence-corrected chi connectivity index (χ3v) is 3.99. The largest absolute Gasteiger partial charge is 0.484 e. The van der Waals surface area contributed by atoms with E-state index in [4.69, 9.17) is 4.74 Å². The first-order chi connectivity index (χ1) is 8.65. The maximum atomic E-state index is 13.8. The SMILES string of the molecule is CCNCCC1(Oc2ccc(Br)cc2F)CCC1. The molecule has 1 aromatic carbocycles. The van der Waals surface area contributed by atoms with Gasteiger partial charge < -0.3 is 10.1 Å². The van der Waals surface area contributed by atoms with Crippen molar-refractivity contribution in [3.63, 3.8) is 0 Å². The van der Waals surface area contributed by atoms with Crippen LogP contribution in [0.1, 0.15) is 32.6 Å². The normalized spacial score (nSPS) is 17.3. The van der Waals surface area contributed by atoms with E-state index in [1.807, 2.05) is 6.07 Å². The zero-order valence-electron chi connectivity index (χ0n) is 10.6. The van der Waals surface area contributed by atoms with Gasteiger partial charge in [0.15, 0.2) is 11.6 Å². The Balaban J connectivity index is 2.01. The monoisotopic (exact) mass is 315 g/mol. The van der Waals surface area contributed by atoms with Crippen molar-refractivity contribution >= 4 is 15.9 Å². The summed E-state index contributed by atoms with van der Waals surface area (Å²) in [5, 5.41) is 3.30. The van der Waals surface area contributed by atoms with E-state index in [9.17, 15) is 4.39 Å². The Morgan fingerprint density at radius 1 is 1.44 bits per heavy atom. The molecule has 1 fully saturated rings. The molecule has 1 aliphatic carbocycles. The number of rotatable bonds is 6. The lowest BCUT2D eigenvalue weighted by Crippen LogP contribution is -2.45. The Bertz CT molecular complexity index is 407. The Morgan fingerprint density at radius 3 is 2.78 bits per heavy atom. The van der Waals surface area contributed by atoms with E-state index >= 15 is 0 Å². The van der Waals surface area contributed by atoms with E-state index in [2.05, 4.69) is 28.2 Å². The summed E-state index contributed by atoms with van der Waals surface area (Å²) in [5.74, 6) is 0.0773. The molecule has 0 saturated heterocycles. The van der Waals surface area contributed by atoms with Crippen LogP contribution in [0.5, 0.6) is 5.75 Å². The van der Waals surface area contributed by atoms with Gasteiger partial charge >= 0.3 is 0 Å². The first kappa shape index (κ1) is 13.8. The highest BCUT2D eigenvalue weighted by molar-refractivity contribution is 9.10. The molecule has 100 valence electrons. The second-order valence-electron chi connectivity index (χ2n) is 4.82. The second kappa shape index (κ2) is 6.02. The fourth-order valence-corrected chi connectivity index (χ4v) is 2.59. The van der Waals surface area contributed by atoms with Gasteiger partial charge in [-0.3, -0.25) is 0 Å². The van der Waals surface area contributed by atoms with Crippen molar-refractivity contribution in [3.8, 4) is 5.75 Å². The molecule has 0 aromatic heterocycles. The predicted molar refractivity (Wildman–Crippen MR) is 74.5 cm³/mol. The van der Waals surface area contributed by atoms with Gasteiger partial charge in [0.2, 0.25) is 0 Å². The molecular weight excluding hydrogens is 297 g/mol. The molecule has 0 spiro atoms. The molecule has 0 amide bonds. The highest BCUT2D eigenvalue weighted by atomic mass is 79.9. The lowest BCUT2D eigenvalue weighted by molar-refractivity contribution is -0.0170. The molecule has 0 heterocycles. The number of ether oxygens (including phenoxy) is 1. The summed E-state index contributed by atoms with van der Waals surface area (Å²) in [6.45, 7) is 3.97. The first-order valence-corrected chi connectivity index (χ1v) is 7.29. The van der Waals surface area contributed by atoms with Crippen LogP contribution in [0.2, 0.25) is 0 Å². The maximum absolute atomic E-state index is 13.8. The minimum atomic E-state index is -0.292. The average Bonchev–Trinajstić information content (AvgIpc) is 2.29. The van der Waals surface area contributed by atoms with Gasteiger partial charge in [-0.2, -0.15) is 0 Å². The summed E-state index contributed by atoms with van der Waals surface area (Å²) in [6, 6.07) is 4.97. The van der Waals surface area contributed by atoms with Gasteiger partial charge in [-0.1, -0.05) is 22.9 Å². The molecule has 0 aliphatic heterocycles. The Morgan fingerprint density at radius 2 is 2.22 bits per heavy atom. The summed E-state index contributed by atoms with van der Waals surface area (Å²) >= 11 is 3.25. The molecule has 1 aliphatic rings. The zero-order chi connectivity index (χ0) is 13.0. The highest BCUT2D eigenvalue weighted by Crippen LogP contribution is 2.40. The van der Waals surface area contributed by atoms with Crippen LogP contribution in [0.15, 0.2) is 22.7 Å². The summed E-state index contributed by atoms with van der Waals surface area (Å²) in [5.41, 5.74) is -0.156. The molecular formula is C14H19BrFNO. The topological polar surface area (TPSA) is 21.3 Å². The molecule has 2 nitrogen and oxygen atoms in total. The number of hydrogen-bond donors (Lipinski definition) is 1. The molecule has 0 bridgehead atoms. The molecule has 2 rings (SSSR count). The van der Waals surface area contributed by atoms with Gasteiger partial charge in [-0.05, 0) is 57.0 Å². The van der Waals surface area contributed by atoms with Crippen molar-refractivity contribution in [2.24, 2.45) is 0 Å². The van der Waals surface area contributed by atoms with E-state index in [1.54, 1.807) is 6.07 Å². The molecule has 1 saturated carbocycles. The summed E-state index contributed by atoms with van der Waals surface area (Å²) in [4.78, 5) is 0. The van der Waals surface area contributed by atoms with Crippen LogP contribution < -0.4 is 10.1 Å². The van der Waals surface area contributed by atoms with Gasteiger partial charge in [0, 0.05) is 4.47 Å². The van der Waals surface area contributed by atoms with Crippen molar-refractivity contribution in [3.05, 3.63) is 28.5 Å². The summed E-state index contributed by atoms with van der Waals surface area (Å²) in [6.07, 6.45) is 4.16. The van der Waals surface area contributed by atoms with Crippen molar-refractivity contribution < 1.29 is 9.13 Å². The van der Waals surface area contributed by atoms with E-state index in [-0.39, 0.29) is 11.4 Å². The summed E-state index contributed by atoms with van der Waals surface area (Å²) in [7, 11) is 0. The fourth-order valence-electron chi connectivity index (χ4n) is 2.26. The fraction of sp³-hybridized carbons (Fsp3) is 0.571. The molecule has 1 aromatic rings. The van der Waals surface area contributed by atoms with Crippen LogP contribution in [0, 0.1) is 5.82 Å². The predicted octanol–water partition coefficient (Wildman–Crippen LogP) is 3.89. The molecule has 18 heavy (non-hydrogen) atoms. The van der Waals surface area contributed by atoms with Crippen LogP contribution in [-0.4, -0.2) is 18.7 Å². The number of nitrogens with one attached hydrogen (secondary N) is 1. The molecule has 1 N–H and O–H groups in total. The van der Waals surface area contributed by atoms with Gasteiger partial charge in [0.05, 0.1) is 0 Å². The van der Waals surface area contributed by atoms with E-state index in [1.165, 1.54) is 12.5 Å². The smallest absolute Gasteiger partial charge is 0.166 e. The quantitative estimate of drug-likeness (QED) is 0.804. The third kappa shape index (κ3) is 3.23. The van der Waals surface area contributed by atoms with E-state index < -0.39 is 0 Å². The van der Waals surface area contributed by atoms with E-state index in [0.717, 1.165) is 36.8 Å². The number of hydrogen-bond acceptors (Lipinski definition) is 2. The van der Waals surface area contributed by atoms with Crippen molar-refractivity contribution in [2.45, 2.75) is 38.2 Å². The lowest BCUT2D eigenvalue weighted by atomic mass is 9.77. The lowest BCUT2D eigenvalue weighted by Gasteiger charge is -2.42. The van der Waals surface area contributed by atoms with Crippen LogP contribution in [0.4, 0.5) is 4.39 Å². The van der Waals surface area contributed by atoms with E-state index in [0.29, 0.717) is 5.75 Å². The second-order valence-corrected chi connectivity index (χ2v) is 5.73. The first-order valence-electron chi connectivity index (χ1n) is 6.50. The molecule has 0 radical (unpaired) electrons. The van der Waals surface area contributed by atoms with Crippen molar-refractivity contribution in [1.82, 2.24) is 5.32 Å². The van der Waals surface area contributed by atoms with Gasteiger partial charge in [-0.25, -0.2) is 4.39 Å². The number of benzene rings is 1. The minimum Gasteiger partial charge on any atom is -0.484 e. The third-order valence-electron chi connectivity index (χ3n) is 3.49. The summed E-state index contributed by atoms with van der Waals surface area (Å²) < 4.78 is 20.4. The Kier molecular flexibility index (Phi) is 4.62. The minimum absolute atomic E-state index is 0.156. The molecule has 0 atom stereocenters. The standard InChI is InChI=1S/C14H19BrFNO/c1-2-17-9-8-14(6-3-7-14)18-13-5-4-11(15)10-12(13)16/h4-5,10,17H,2-3,6-9H2,1H3. The van der Waals surface area contributed by atoms with Gasteiger partial charge in [0.25, 0.3) is 0 Å². The van der Waals surface area contributed by atoms with Crippen LogP contribution in [0.25, 0.3) is 0 Å². The van der Waals surface area contributed by atoms with Gasteiger partial charge in [0.1, 0.15) is 5.60 Å². The van der Waals surface area contributed by atoms with Gasteiger partial charge in [-0.15, -0.1) is 0 Å². The van der Waals surface area contributed by atoms with Crippen molar-refractivity contribution in [2.75, 3.05) is 13.1 Å². The Hall–Kier alpha value is -0.610. The van der Waals surface area contributed by atoms with Crippen LogP contribution in [0.3, 0.4) is 0 Å². The molecule has 0 unspecified atom stereocenters. The zero-order valence-corrected chi connectivity index (χ0v) is 12.2. The van der Waals surface area contributed by atoms with Crippen LogP contribution in [-0.2, 0) is 0 Å². The van der Waals surface area contributed by atoms with Crippen molar-refractivity contribution in [1.29, 1.82) is 0 Å². The maximum Gasteiger partial charge on any atom is 0.166 e. The average molecular weight is 316 g/mol. The number of halogens is 2. The highest BCUT2D eigenvalue weighted by Gasteiger charge is 2.39. The Labute approximate surface area is 116 Å². The molecule has 4 heteroatoms. The van der Waals surface area contributed by atoms with Crippen LogP contribution >= 0.6 is 15.9 Å².